The molecule has 0 aromatic heterocycles. The molecule has 1 heterocycles. The van der Waals surface area contributed by atoms with Gasteiger partial charge in [-0.15, -0.1) is 12.4 Å². The van der Waals surface area contributed by atoms with Crippen LogP contribution in [0.25, 0.3) is 0 Å². The van der Waals surface area contributed by atoms with E-state index in [2.05, 4.69) is 37.4 Å². The van der Waals surface area contributed by atoms with Crippen LogP contribution in [0.1, 0.15) is 36.5 Å². The molecule has 1 aromatic carbocycles. The monoisotopic (exact) mass is 326 g/mol. The number of rotatable bonds is 4. The third-order valence-electron chi connectivity index (χ3n) is 4.24. The largest absolute Gasteiger partial charge is 0.381 e. The van der Waals surface area contributed by atoms with E-state index in [0.717, 1.165) is 6.42 Å². The fraction of sp³-hybridized carbons (Fsp3) is 0.588. The summed E-state index contributed by atoms with van der Waals surface area (Å²) in [5, 5.41) is 3.06. The van der Waals surface area contributed by atoms with Crippen LogP contribution in [0.4, 0.5) is 0 Å². The van der Waals surface area contributed by atoms with E-state index in [1.165, 1.54) is 16.7 Å². The van der Waals surface area contributed by atoms with Gasteiger partial charge in [0.05, 0.1) is 5.54 Å². The Morgan fingerprint density at radius 1 is 1.36 bits per heavy atom. The highest BCUT2D eigenvalue weighted by molar-refractivity contribution is 5.86. The molecule has 124 valence electrons. The van der Waals surface area contributed by atoms with Gasteiger partial charge in [-0.3, -0.25) is 4.79 Å². The third-order valence-corrected chi connectivity index (χ3v) is 4.24. The first-order valence-electron chi connectivity index (χ1n) is 7.64. The number of benzene rings is 1. The Morgan fingerprint density at radius 2 is 2.00 bits per heavy atom. The van der Waals surface area contributed by atoms with E-state index in [4.69, 9.17) is 10.5 Å². The number of hydrogen-bond acceptors (Lipinski definition) is 3. The molecule has 1 fully saturated rings. The summed E-state index contributed by atoms with van der Waals surface area (Å²) in [6, 6.07) is 6.49. The van der Waals surface area contributed by atoms with Crippen LogP contribution >= 0.6 is 12.4 Å². The van der Waals surface area contributed by atoms with Crippen molar-refractivity contribution in [3.05, 3.63) is 34.9 Å². The molecule has 5 heteroatoms. The molecule has 1 saturated heterocycles. The molecule has 22 heavy (non-hydrogen) atoms. The van der Waals surface area contributed by atoms with Crippen LogP contribution in [-0.2, 0) is 16.0 Å². The Balaban J connectivity index is 0.00000242. The van der Waals surface area contributed by atoms with Crippen molar-refractivity contribution < 1.29 is 9.53 Å². The maximum Gasteiger partial charge on any atom is 0.240 e. The second kappa shape index (κ2) is 7.95. The lowest BCUT2D eigenvalue weighted by atomic mass is 9.89. The van der Waals surface area contributed by atoms with Gasteiger partial charge in [0.25, 0.3) is 0 Å². The summed E-state index contributed by atoms with van der Waals surface area (Å²) in [5.74, 6) is -0.0527. The topological polar surface area (TPSA) is 64.4 Å². The van der Waals surface area contributed by atoms with Crippen LogP contribution in [0.5, 0.6) is 0 Å². The summed E-state index contributed by atoms with van der Waals surface area (Å²) in [6.07, 6.45) is 2.01. The van der Waals surface area contributed by atoms with Crippen molar-refractivity contribution in [2.75, 3.05) is 13.2 Å². The van der Waals surface area contributed by atoms with E-state index < -0.39 is 5.54 Å². The second-order valence-corrected chi connectivity index (χ2v) is 6.28. The molecule has 0 bridgehead atoms. The minimum absolute atomic E-state index is 0. The highest BCUT2D eigenvalue weighted by atomic mass is 35.5. The van der Waals surface area contributed by atoms with Crippen molar-refractivity contribution in [2.45, 2.75) is 51.6 Å². The van der Waals surface area contributed by atoms with Crippen LogP contribution in [-0.4, -0.2) is 30.7 Å². The lowest BCUT2D eigenvalue weighted by molar-refractivity contribution is -0.130. The number of ether oxygens (including phenoxy) is 1. The number of carbonyl (C=O) groups is 1. The van der Waals surface area contributed by atoms with Gasteiger partial charge in [0.1, 0.15) is 0 Å². The first-order chi connectivity index (χ1) is 9.90. The Kier molecular flexibility index (Phi) is 6.85. The zero-order valence-corrected chi connectivity index (χ0v) is 14.5. The van der Waals surface area contributed by atoms with Crippen molar-refractivity contribution in [3.63, 3.8) is 0 Å². The van der Waals surface area contributed by atoms with Gasteiger partial charge in [-0.05, 0) is 51.2 Å². The maximum atomic E-state index is 12.4. The molecule has 0 saturated carbocycles. The van der Waals surface area contributed by atoms with E-state index in [0.29, 0.717) is 26.1 Å². The molecule has 0 aliphatic carbocycles. The highest BCUT2D eigenvalue weighted by Crippen LogP contribution is 2.18. The van der Waals surface area contributed by atoms with Gasteiger partial charge in [0.2, 0.25) is 5.91 Å². The lowest BCUT2D eigenvalue weighted by Gasteiger charge is -2.33. The molecule has 1 aliphatic rings. The Morgan fingerprint density at radius 3 is 2.59 bits per heavy atom. The number of halogens is 1. The Hall–Kier alpha value is -1.10. The zero-order valence-electron chi connectivity index (χ0n) is 13.6. The summed E-state index contributed by atoms with van der Waals surface area (Å²) in [6.45, 7) is 7.36. The minimum Gasteiger partial charge on any atom is -0.381 e. The van der Waals surface area contributed by atoms with Gasteiger partial charge in [0, 0.05) is 19.3 Å². The number of hydrogen-bond donors (Lipinski definition) is 2. The molecular weight excluding hydrogens is 300 g/mol. The van der Waals surface area contributed by atoms with Crippen LogP contribution in [0.3, 0.4) is 0 Å². The lowest BCUT2D eigenvalue weighted by Crippen LogP contribution is -2.58. The van der Waals surface area contributed by atoms with Gasteiger partial charge < -0.3 is 15.8 Å². The molecule has 1 aliphatic heterocycles. The number of nitrogens with two attached hydrogens (primary N) is 1. The van der Waals surface area contributed by atoms with Crippen molar-refractivity contribution in [1.82, 2.24) is 5.32 Å². The Labute approximate surface area is 139 Å². The van der Waals surface area contributed by atoms with E-state index in [1.807, 2.05) is 6.92 Å². The smallest absolute Gasteiger partial charge is 0.240 e. The fourth-order valence-electron chi connectivity index (χ4n) is 2.79. The predicted octanol–water partition coefficient (Wildman–Crippen LogP) is 2.28. The average molecular weight is 327 g/mol. The van der Waals surface area contributed by atoms with Crippen LogP contribution < -0.4 is 11.1 Å². The predicted molar refractivity (Wildman–Crippen MR) is 91.4 cm³/mol. The second-order valence-electron chi connectivity index (χ2n) is 6.28. The molecule has 1 aromatic rings. The molecule has 2 rings (SSSR count). The summed E-state index contributed by atoms with van der Waals surface area (Å²) in [7, 11) is 0. The van der Waals surface area contributed by atoms with E-state index in [1.54, 1.807) is 0 Å². The molecule has 3 N–H and O–H groups in total. The fourth-order valence-corrected chi connectivity index (χ4v) is 2.79. The van der Waals surface area contributed by atoms with Crippen LogP contribution in [0, 0.1) is 13.8 Å². The Bertz CT molecular complexity index is 513. The summed E-state index contributed by atoms with van der Waals surface area (Å²) in [5.41, 5.74) is 9.23. The quantitative estimate of drug-likeness (QED) is 0.892. The zero-order chi connectivity index (χ0) is 15.5. The molecule has 1 unspecified atom stereocenters. The van der Waals surface area contributed by atoms with Gasteiger partial charge in [0.15, 0.2) is 0 Å². The number of carbonyl (C=O) groups excluding carboxylic acids is 1. The molecule has 0 radical (unpaired) electrons. The molecular formula is C17H27ClN2O2. The summed E-state index contributed by atoms with van der Waals surface area (Å²) >= 11 is 0. The first kappa shape index (κ1) is 18.9. The minimum atomic E-state index is -0.769. The molecule has 1 atom stereocenters. The van der Waals surface area contributed by atoms with Crippen LogP contribution in [0.2, 0.25) is 0 Å². The van der Waals surface area contributed by atoms with Crippen LogP contribution in [0.15, 0.2) is 18.2 Å². The standard InChI is InChI=1S/C17H26N2O2.ClH/c1-12-4-5-15(13(2)10-12)11-14(3)19-16(20)17(18)6-8-21-9-7-17;/h4-5,10,14H,6-9,11,18H2,1-3H3,(H,19,20);1H. The number of amides is 1. The summed E-state index contributed by atoms with van der Waals surface area (Å²) < 4.78 is 5.28. The van der Waals surface area contributed by atoms with E-state index >= 15 is 0 Å². The maximum absolute atomic E-state index is 12.4. The van der Waals surface area contributed by atoms with Gasteiger partial charge in [-0.2, -0.15) is 0 Å². The normalized spacial score (nSPS) is 18.2. The molecule has 4 nitrogen and oxygen atoms in total. The SMILES string of the molecule is Cc1ccc(CC(C)NC(=O)C2(N)CCOCC2)c(C)c1.Cl. The number of aryl methyl sites for hydroxylation is 2. The molecule has 1 amide bonds. The van der Waals surface area contributed by atoms with Crippen molar-refractivity contribution >= 4 is 18.3 Å². The van der Waals surface area contributed by atoms with Gasteiger partial charge >= 0.3 is 0 Å². The van der Waals surface area contributed by atoms with E-state index in [9.17, 15) is 4.79 Å². The van der Waals surface area contributed by atoms with Gasteiger partial charge in [-0.1, -0.05) is 23.8 Å². The van der Waals surface area contributed by atoms with Crippen molar-refractivity contribution in [1.29, 1.82) is 0 Å². The first-order valence-corrected chi connectivity index (χ1v) is 7.64. The number of nitrogens with one attached hydrogen (secondary N) is 1. The third kappa shape index (κ3) is 4.70. The average Bonchev–Trinajstić information content (AvgIpc) is 2.43. The highest BCUT2D eigenvalue weighted by Gasteiger charge is 2.36. The van der Waals surface area contributed by atoms with E-state index in [-0.39, 0.29) is 24.4 Å². The van der Waals surface area contributed by atoms with Crippen molar-refractivity contribution in [2.24, 2.45) is 5.73 Å². The van der Waals surface area contributed by atoms with Gasteiger partial charge in [-0.25, -0.2) is 0 Å². The molecule has 0 spiro atoms. The van der Waals surface area contributed by atoms with Crippen molar-refractivity contribution in [3.8, 4) is 0 Å². The summed E-state index contributed by atoms with van der Waals surface area (Å²) in [4.78, 5) is 12.4.